The van der Waals surface area contributed by atoms with Crippen molar-refractivity contribution in [1.29, 1.82) is 0 Å². The lowest BCUT2D eigenvalue weighted by Gasteiger charge is -2.28. The predicted octanol–water partition coefficient (Wildman–Crippen LogP) is 3.11. The SMILES string of the molecule is CNC(CC1CCNCC1)c1cc(Br)ccc1OC. The molecule has 1 atom stereocenters. The number of methoxy groups -OCH3 is 1. The van der Waals surface area contributed by atoms with Gasteiger partial charge in [-0.2, -0.15) is 0 Å². The Morgan fingerprint density at radius 1 is 1.42 bits per heavy atom. The number of nitrogens with one attached hydrogen (secondary N) is 2. The Kier molecular flexibility index (Phi) is 5.67. The highest BCUT2D eigenvalue weighted by Crippen LogP contribution is 2.33. The number of hydrogen-bond donors (Lipinski definition) is 2. The van der Waals surface area contributed by atoms with E-state index >= 15 is 0 Å². The summed E-state index contributed by atoms with van der Waals surface area (Å²) in [5, 5.41) is 6.87. The maximum Gasteiger partial charge on any atom is 0.123 e. The van der Waals surface area contributed by atoms with Crippen molar-refractivity contribution in [2.24, 2.45) is 5.92 Å². The molecule has 1 aliphatic heterocycles. The Morgan fingerprint density at radius 3 is 2.79 bits per heavy atom. The van der Waals surface area contributed by atoms with Crippen LogP contribution in [-0.2, 0) is 0 Å². The minimum absolute atomic E-state index is 0.357. The van der Waals surface area contributed by atoms with Crippen LogP contribution in [0, 0.1) is 5.92 Å². The summed E-state index contributed by atoms with van der Waals surface area (Å²) in [5.74, 6) is 1.76. The van der Waals surface area contributed by atoms with Gasteiger partial charge in [0.1, 0.15) is 5.75 Å². The standard InChI is InChI=1S/C15H23BrN2O/c1-17-14(9-11-5-7-18-8-6-11)13-10-12(16)3-4-15(13)19-2/h3-4,10-11,14,17-18H,5-9H2,1-2H3. The molecule has 0 saturated carbocycles. The summed E-state index contributed by atoms with van der Waals surface area (Å²) in [7, 11) is 3.77. The molecule has 3 nitrogen and oxygen atoms in total. The first-order chi connectivity index (χ1) is 9.24. The fraction of sp³-hybridized carbons (Fsp3) is 0.600. The van der Waals surface area contributed by atoms with Crippen LogP contribution in [0.3, 0.4) is 0 Å². The molecular weight excluding hydrogens is 304 g/mol. The summed E-state index contributed by atoms with van der Waals surface area (Å²) in [6, 6.07) is 6.59. The lowest BCUT2D eigenvalue weighted by atomic mass is 9.88. The van der Waals surface area contributed by atoms with Gasteiger partial charge in [0.2, 0.25) is 0 Å². The lowest BCUT2D eigenvalue weighted by Crippen LogP contribution is -2.30. The third-order valence-corrected chi connectivity index (χ3v) is 4.44. The number of ether oxygens (including phenoxy) is 1. The van der Waals surface area contributed by atoms with E-state index in [4.69, 9.17) is 4.74 Å². The predicted molar refractivity (Wildman–Crippen MR) is 82.7 cm³/mol. The van der Waals surface area contributed by atoms with Gasteiger partial charge in [0.05, 0.1) is 7.11 Å². The number of hydrogen-bond acceptors (Lipinski definition) is 3. The minimum Gasteiger partial charge on any atom is -0.496 e. The van der Waals surface area contributed by atoms with Gasteiger partial charge >= 0.3 is 0 Å². The van der Waals surface area contributed by atoms with E-state index in [9.17, 15) is 0 Å². The van der Waals surface area contributed by atoms with Crippen molar-refractivity contribution in [3.63, 3.8) is 0 Å². The van der Waals surface area contributed by atoms with Crippen molar-refractivity contribution in [1.82, 2.24) is 10.6 Å². The van der Waals surface area contributed by atoms with E-state index < -0.39 is 0 Å². The molecule has 1 unspecified atom stereocenters. The molecule has 0 aromatic heterocycles. The van der Waals surface area contributed by atoms with Gasteiger partial charge in [0.15, 0.2) is 0 Å². The topological polar surface area (TPSA) is 33.3 Å². The lowest BCUT2D eigenvalue weighted by molar-refractivity contribution is 0.312. The summed E-state index contributed by atoms with van der Waals surface area (Å²) in [4.78, 5) is 0. The Labute approximate surface area is 124 Å². The molecule has 0 amide bonds. The average Bonchev–Trinajstić information content (AvgIpc) is 2.46. The van der Waals surface area contributed by atoms with Gasteiger partial charge in [-0.15, -0.1) is 0 Å². The molecule has 4 heteroatoms. The summed E-state index contributed by atoms with van der Waals surface area (Å²) in [6.07, 6.45) is 3.72. The zero-order valence-corrected chi connectivity index (χ0v) is 13.3. The molecule has 2 N–H and O–H groups in total. The van der Waals surface area contributed by atoms with Crippen LogP contribution in [-0.4, -0.2) is 27.2 Å². The van der Waals surface area contributed by atoms with Crippen molar-refractivity contribution >= 4 is 15.9 Å². The molecule has 1 saturated heterocycles. The van der Waals surface area contributed by atoms with E-state index in [-0.39, 0.29) is 0 Å². The van der Waals surface area contributed by atoms with Gasteiger partial charge in [-0.1, -0.05) is 15.9 Å². The molecule has 0 spiro atoms. The van der Waals surface area contributed by atoms with Crippen molar-refractivity contribution < 1.29 is 4.74 Å². The van der Waals surface area contributed by atoms with Crippen LogP contribution in [0.15, 0.2) is 22.7 Å². The van der Waals surface area contributed by atoms with E-state index in [1.54, 1.807) is 7.11 Å². The van der Waals surface area contributed by atoms with E-state index in [2.05, 4.69) is 32.6 Å². The summed E-state index contributed by atoms with van der Waals surface area (Å²) < 4.78 is 6.60. The second kappa shape index (κ2) is 7.27. The fourth-order valence-corrected chi connectivity index (χ4v) is 3.21. The monoisotopic (exact) mass is 326 g/mol. The quantitative estimate of drug-likeness (QED) is 0.872. The molecule has 1 aromatic rings. The zero-order chi connectivity index (χ0) is 13.7. The highest BCUT2D eigenvalue weighted by molar-refractivity contribution is 9.10. The van der Waals surface area contributed by atoms with E-state index in [1.165, 1.54) is 24.8 Å². The maximum atomic E-state index is 5.50. The van der Waals surface area contributed by atoms with Crippen molar-refractivity contribution in [3.05, 3.63) is 28.2 Å². The normalized spacial score (nSPS) is 18.3. The van der Waals surface area contributed by atoms with Gasteiger partial charge in [-0.25, -0.2) is 0 Å². The highest BCUT2D eigenvalue weighted by Gasteiger charge is 2.21. The number of halogens is 1. The molecule has 0 aliphatic carbocycles. The average molecular weight is 327 g/mol. The largest absolute Gasteiger partial charge is 0.496 e. The molecule has 1 fully saturated rings. The molecule has 106 valence electrons. The number of piperidine rings is 1. The maximum absolute atomic E-state index is 5.50. The van der Waals surface area contributed by atoms with Crippen LogP contribution in [0.1, 0.15) is 30.9 Å². The molecule has 0 bridgehead atoms. The second-order valence-electron chi connectivity index (χ2n) is 5.16. The van der Waals surface area contributed by atoms with Gasteiger partial charge in [-0.3, -0.25) is 0 Å². The smallest absolute Gasteiger partial charge is 0.123 e. The Balaban J connectivity index is 2.13. The summed E-state index contributed by atoms with van der Waals surface area (Å²) in [5.41, 5.74) is 1.25. The molecular formula is C15H23BrN2O. The van der Waals surface area contributed by atoms with Crippen LogP contribution >= 0.6 is 15.9 Å². The summed E-state index contributed by atoms with van der Waals surface area (Å²) >= 11 is 3.55. The molecule has 1 aliphatic rings. The van der Waals surface area contributed by atoms with Crippen LogP contribution < -0.4 is 15.4 Å². The highest BCUT2D eigenvalue weighted by atomic mass is 79.9. The molecule has 1 heterocycles. The van der Waals surface area contributed by atoms with Gasteiger partial charge in [-0.05, 0) is 63.5 Å². The second-order valence-corrected chi connectivity index (χ2v) is 6.07. The van der Waals surface area contributed by atoms with Crippen molar-refractivity contribution in [2.75, 3.05) is 27.2 Å². The zero-order valence-electron chi connectivity index (χ0n) is 11.7. The Hall–Kier alpha value is -0.580. The van der Waals surface area contributed by atoms with Crippen molar-refractivity contribution in [3.8, 4) is 5.75 Å². The molecule has 19 heavy (non-hydrogen) atoms. The van der Waals surface area contributed by atoms with Gasteiger partial charge in [0, 0.05) is 16.1 Å². The third kappa shape index (κ3) is 3.94. The van der Waals surface area contributed by atoms with Crippen molar-refractivity contribution in [2.45, 2.75) is 25.3 Å². The van der Waals surface area contributed by atoms with Crippen LogP contribution in [0.25, 0.3) is 0 Å². The van der Waals surface area contributed by atoms with Gasteiger partial charge < -0.3 is 15.4 Å². The number of benzene rings is 1. The van der Waals surface area contributed by atoms with Crippen LogP contribution in [0.4, 0.5) is 0 Å². The molecule has 0 radical (unpaired) electrons. The Morgan fingerprint density at radius 2 is 2.16 bits per heavy atom. The third-order valence-electron chi connectivity index (χ3n) is 3.94. The Bertz CT molecular complexity index is 405. The fourth-order valence-electron chi connectivity index (χ4n) is 2.83. The molecule has 2 rings (SSSR count). The first-order valence-electron chi connectivity index (χ1n) is 6.96. The van der Waals surface area contributed by atoms with Crippen LogP contribution in [0.5, 0.6) is 5.75 Å². The first-order valence-corrected chi connectivity index (χ1v) is 7.75. The number of rotatable bonds is 5. The van der Waals surface area contributed by atoms with E-state index in [1.807, 2.05) is 19.2 Å². The van der Waals surface area contributed by atoms with E-state index in [0.29, 0.717) is 6.04 Å². The van der Waals surface area contributed by atoms with E-state index in [0.717, 1.165) is 29.2 Å². The summed E-state index contributed by atoms with van der Waals surface area (Å²) in [6.45, 7) is 2.30. The molecule has 1 aromatic carbocycles. The van der Waals surface area contributed by atoms with Gasteiger partial charge in [0.25, 0.3) is 0 Å². The van der Waals surface area contributed by atoms with Crippen LogP contribution in [0.2, 0.25) is 0 Å². The first kappa shape index (κ1) is 14.8. The minimum atomic E-state index is 0.357.